The lowest BCUT2D eigenvalue weighted by Gasteiger charge is -2.07. The minimum absolute atomic E-state index is 0.0905. The standard InChI is InChI=1S/C17H16N2O2/c18-12-16(20)14-8-4-5-9-15(14)19-17(21)11-10-13-6-2-1-3-7-13/h1-11H,12,18H2,(H,19,21)/b11-10+. The number of anilines is 1. The van der Waals surface area contributed by atoms with Crippen molar-refractivity contribution >= 4 is 23.5 Å². The maximum absolute atomic E-state index is 11.9. The van der Waals surface area contributed by atoms with Crippen molar-refractivity contribution in [1.29, 1.82) is 0 Å². The number of hydrogen-bond acceptors (Lipinski definition) is 3. The third-order valence-electron chi connectivity index (χ3n) is 2.90. The lowest BCUT2D eigenvalue weighted by molar-refractivity contribution is -0.111. The Morgan fingerprint density at radius 3 is 2.38 bits per heavy atom. The first-order chi connectivity index (χ1) is 10.2. The number of carbonyl (C=O) groups is 2. The first-order valence-electron chi connectivity index (χ1n) is 6.57. The Balaban J connectivity index is 2.10. The SMILES string of the molecule is NCC(=O)c1ccccc1NC(=O)/C=C/c1ccccc1. The molecule has 0 heterocycles. The average molecular weight is 280 g/mol. The molecule has 3 N–H and O–H groups in total. The highest BCUT2D eigenvalue weighted by Gasteiger charge is 2.10. The van der Waals surface area contributed by atoms with Crippen molar-refractivity contribution in [3.8, 4) is 0 Å². The smallest absolute Gasteiger partial charge is 0.248 e. The molecule has 0 spiro atoms. The van der Waals surface area contributed by atoms with Gasteiger partial charge in [0.15, 0.2) is 5.78 Å². The Bertz CT molecular complexity index is 664. The summed E-state index contributed by atoms with van der Waals surface area (Å²) < 4.78 is 0. The molecule has 0 saturated carbocycles. The zero-order valence-electron chi connectivity index (χ0n) is 11.5. The van der Waals surface area contributed by atoms with E-state index in [1.54, 1.807) is 30.3 Å². The van der Waals surface area contributed by atoms with Gasteiger partial charge in [0.1, 0.15) is 0 Å². The van der Waals surface area contributed by atoms with Crippen molar-refractivity contribution in [3.63, 3.8) is 0 Å². The Morgan fingerprint density at radius 2 is 1.67 bits per heavy atom. The molecule has 106 valence electrons. The summed E-state index contributed by atoms with van der Waals surface area (Å²) in [4.78, 5) is 23.6. The number of ketones is 1. The summed E-state index contributed by atoms with van der Waals surface area (Å²) in [7, 11) is 0. The number of benzene rings is 2. The summed E-state index contributed by atoms with van der Waals surface area (Å²) in [5.74, 6) is -0.505. The molecule has 0 bridgehead atoms. The van der Waals surface area contributed by atoms with Gasteiger partial charge in [-0.2, -0.15) is 0 Å². The van der Waals surface area contributed by atoms with Gasteiger partial charge in [0, 0.05) is 11.6 Å². The molecular formula is C17H16N2O2. The lowest BCUT2D eigenvalue weighted by Crippen LogP contribution is -2.17. The molecule has 2 aromatic carbocycles. The van der Waals surface area contributed by atoms with Crippen LogP contribution in [0.5, 0.6) is 0 Å². The van der Waals surface area contributed by atoms with Crippen LogP contribution in [0.25, 0.3) is 6.08 Å². The number of hydrogen-bond donors (Lipinski definition) is 2. The van der Waals surface area contributed by atoms with Crippen LogP contribution in [0.2, 0.25) is 0 Å². The highest BCUT2D eigenvalue weighted by atomic mass is 16.1. The van der Waals surface area contributed by atoms with Crippen molar-refractivity contribution in [1.82, 2.24) is 0 Å². The molecule has 2 rings (SSSR count). The van der Waals surface area contributed by atoms with E-state index in [4.69, 9.17) is 5.73 Å². The van der Waals surface area contributed by atoms with Gasteiger partial charge in [-0.25, -0.2) is 0 Å². The molecule has 2 aromatic rings. The summed E-state index contributed by atoms with van der Waals surface area (Å²) >= 11 is 0. The second-order valence-electron chi connectivity index (χ2n) is 4.41. The number of Topliss-reactive ketones (excluding diaryl/α,β-unsaturated/α-hetero) is 1. The molecule has 4 heteroatoms. The molecule has 1 amide bonds. The van der Waals surface area contributed by atoms with Crippen molar-refractivity contribution in [2.45, 2.75) is 0 Å². The van der Waals surface area contributed by atoms with E-state index in [0.29, 0.717) is 11.3 Å². The van der Waals surface area contributed by atoms with Crippen molar-refractivity contribution in [2.75, 3.05) is 11.9 Å². The van der Waals surface area contributed by atoms with Gasteiger partial charge in [-0.1, -0.05) is 42.5 Å². The van der Waals surface area contributed by atoms with Crippen LogP contribution >= 0.6 is 0 Å². The molecule has 0 aromatic heterocycles. The normalized spacial score (nSPS) is 10.5. The van der Waals surface area contributed by atoms with E-state index < -0.39 is 0 Å². The Hall–Kier alpha value is -2.72. The monoisotopic (exact) mass is 280 g/mol. The highest BCUT2D eigenvalue weighted by Crippen LogP contribution is 2.15. The minimum atomic E-state index is -0.295. The largest absolute Gasteiger partial charge is 0.324 e. The number of nitrogens with one attached hydrogen (secondary N) is 1. The van der Waals surface area contributed by atoms with Gasteiger partial charge >= 0.3 is 0 Å². The first kappa shape index (κ1) is 14.7. The van der Waals surface area contributed by atoms with Gasteiger partial charge in [-0.15, -0.1) is 0 Å². The van der Waals surface area contributed by atoms with Crippen LogP contribution in [-0.2, 0) is 4.79 Å². The quantitative estimate of drug-likeness (QED) is 0.653. The molecule has 0 unspecified atom stereocenters. The molecule has 21 heavy (non-hydrogen) atoms. The van der Waals surface area contributed by atoms with Gasteiger partial charge in [0.05, 0.1) is 12.2 Å². The van der Waals surface area contributed by atoms with Crippen LogP contribution in [0.4, 0.5) is 5.69 Å². The number of rotatable bonds is 5. The third-order valence-corrected chi connectivity index (χ3v) is 2.90. The van der Waals surface area contributed by atoms with Crippen molar-refractivity contribution in [3.05, 3.63) is 71.8 Å². The van der Waals surface area contributed by atoms with Gasteiger partial charge in [-0.3, -0.25) is 9.59 Å². The zero-order chi connectivity index (χ0) is 15.1. The summed E-state index contributed by atoms with van der Waals surface area (Å²) in [5, 5.41) is 2.69. The van der Waals surface area contributed by atoms with E-state index in [1.807, 2.05) is 30.3 Å². The molecule has 0 radical (unpaired) electrons. The van der Waals surface area contributed by atoms with E-state index in [9.17, 15) is 9.59 Å². The van der Waals surface area contributed by atoms with Crippen LogP contribution < -0.4 is 11.1 Å². The summed E-state index contributed by atoms with van der Waals surface area (Å²) in [5.41, 5.74) is 7.18. The van der Waals surface area contributed by atoms with Crippen LogP contribution in [0.1, 0.15) is 15.9 Å². The number of carbonyl (C=O) groups excluding carboxylic acids is 2. The fourth-order valence-electron chi connectivity index (χ4n) is 1.86. The van der Waals surface area contributed by atoms with Crippen LogP contribution in [0.3, 0.4) is 0 Å². The second-order valence-corrected chi connectivity index (χ2v) is 4.41. The number of para-hydroxylation sites is 1. The predicted octanol–water partition coefficient (Wildman–Crippen LogP) is 2.48. The first-order valence-corrected chi connectivity index (χ1v) is 6.57. The van der Waals surface area contributed by atoms with E-state index in [0.717, 1.165) is 5.56 Å². The molecule has 0 aliphatic carbocycles. The molecular weight excluding hydrogens is 264 g/mol. The second kappa shape index (κ2) is 7.17. The molecule has 0 atom stereocenters. The lowest BCUT2D eigenvalue weighted by atomic mass is 10.1. The molecule has 4 nitrogen and oxygen atoms in total. The molecule has 0 saturated heterocycles. The van der Waals surface area contributed by atoms with Crippen LogP contribution in [0, 0.1) is 0 Å². The van der Waals surface area contributed by atoms with E-state index in [-0.39, 0.29) is 18.2 Å². The molecule has 0 fully saturated rings. The number of nitrogens with two attached hydrogens (primary N) is 1. The van der Waals surface area contributed by atoms with Crippen LogP contribution in [-0.4, -0.2) is 18.2 Å². The van der Waals surface area contributed by atoms with Crippen molar-refractivity contribution in [2.24, 2.45) is 5.73 Å². The predicted molar refractivity (Wildman–Crippen MR) is 83.9 cm³/mol. The topological polar surface area (TPSA) is 72.2 Å². The van der Waals surface area contributed by atoms with Gasteiger partial charge in [0.25, 0.3) is 0 Å². The Morgan fingerprint density at radius 1 is 1.00 bits per heavy atom. The summed E-state index contributed by atoms with van der Waals surface area (Å²) in [6.07, 6.45) is 3.14. The fourth-order valence-corrected chi connectivity index (χ4v) is 1.86. The molecule has 0 aliphatic rings. The highest BCUT2D eigenvalue weighted by molar-refractivity contribution is 6.08. The van der Waals surface area contributed by atoms with Gasteiger partial charge < -0.3 is 11.1 Å². The Kier molecular flexibility index (Phi) is 5.01. The van der Waals surface area contributed by atoms with Gasteiger partial charge in [0.2, 0.25) is 5.91 Å². The van der Waals surface area contributed by atoms with Crippen molar-refractivity contribution < 1.29 is 9.59 Å². The average Bonchev–Trinajstić information content (AvgIpc) is 2.54. The Labute approximate surface area is 123 Å². The minimum Gasteiger partial charge on any atom is -0.324 e. The van der Waals surface area contributed by atoms with E-state index in [2.05, 4.69) is 5.32 Å². The van der Waals surface area contributed by atoms with E-state index in [1.165, 1.54) is 6.08 Å². The maximum Gasteiger partial charge on any atom is 0.248 e. The van der Waals surface area contributed by atoms with E-state index >= 15 is 0 Å². The molecule has 0 aliphatic heterocycles. The maximum atomic E-state index is 11.9. The van der Waals surface area contributed by atoms with Crippen LogP contribution in [0.15, 0.2) is 60.7 Å². The zero-order valence-corrected chi connectivity index (χ0v) is 11.5. The summed E-state index contributed by atoms with van der Waals surface area (Å²) in [6, 6.07) is 16.3. The summed E-state index contributed by atoms with van der Waals surface area (Å²) in [6.45, 7) is -0.0905. The van der Waals surface area contributed by atoms with Gasteiger partial charge in [-0.05, 0) is 23.8 Å². The number of amides is 1. The third kappa shape index (κ3) is 4.12. The fraction of sp³-hybridized carbons (Fsp3) is 0.0588.